The summed E-state index contributed by atoms with van der Waals surface area (Å²) in [5.74, 6) is 1.57. The van der Waals surface area contributed by atoms with E-state index in [9.17, 15) is 9.90 Å². The summed E-state index contributed by atoms with van der Waals surface area (Å²) in [6.45, 7) is 7.34. The van der Waals surface area contributed by atoms with Gasteiger partial charge in [-0.25, -0.2) is 4.98 Å². The van der Waals surface area contributed by atoms with E-state index >= 15 is 0 Å². The van der Waals surface area contributed by atoms with E-state index in [1.165, 1.54) is 0 Å². The zero-order chi connectivity index (χ0) is 23.2. The standard InChI is InChI=1S/C27H30N2O4/c1-3-4-10-26-28-24(19(2)33-26)13-14-32-23-12-11-21-16-25(27(30)31)29(18-22(21)15-23)17-20-8-6-5-7-9-20/h3,5-9,11-12,15,25H,1,4,10,13-14,16-18H2,2H3,(H,30,31)/t25-/m0/s1. The van der Waals surface area contributed by atoms with Gasteiger partial charge in [0.05, 0.1) is 12.3 Å². The van der Waals surface area contributed by atoms with E-state index in [0.29, 0.717) is 32.5 Å². The van der Waals surface area contributed by atoms with Crippen LogP contribution >= 0.6 is 0 Å². The monoisotopic (exact) mass is 446 g/mol. The molecule has 33 heavy (non-hydrogen) atoms. The van der Waals surface area contributed by atoms with Gasteiger partial charge in [0.15, 0.2) is 5.89 Å². The highest BCUT2D eigenvalue weighted by molar-refractivity contribution is 5.74. The Bertz CT molecular complexity index is 1110. The smallest absolute Gasteiger partial charge is 0.321 e. The first-order chi connectivity index (χ1) is 16.0. The minimum atomic E-state index is -0.785. The van der Waals surface area contributed by atoms with Gasteiger partial charge in [-0.3, -0.25) is 9.69 Å². The molecule has 1 N–H and O–H groups in total. The van der Waals surface area contributed by atoms with Crippen LogP contribution in [0.15, 0.2) is 65.6 Å². The van der Waals surface area contributed by atoms with Gasteiger partial charge in [0, 0.05) is 25.9 Å². The van der Waals surface area contributed by atoms with E-state index in [2.05, 4.69) is 11.6 Å². The van der Waals surface area contributed by atoms with Gasteiger partial charge in [-0.15, -0.1) is 6.58 Å². The molecule has 0 unspecified atom stereocenters. The molecule has 0 bridgehead atoms. The van der Waals surface area contributed by atoms with Gasteiger partial charge in [-0.2, -0.15) is 0 Å². The van der Waals surface area contributed by atoms with E-state index in [0.717, 1.165) is 52.6 Å². The number of rotatable bonds is 10. The quantitative estimate of drug-likeness (QED) is 0.454. The number of fused-ring (bicyclic) bond motifs is 1. The second-order valence-corrected chi connectivity index (χ2v) is 8.42. The fourth-order valence-electron chi connectivity index (χ4n) is 4.25. The van der Waals surface area contributed by atoms with E-state index in [1.807, 2.05) is 66.4 Å². The number of carboxylic acid groups (broad SMARTS) is 1. The molecule has 4 rings (SSSR count). The normalized spacial score (nSPS) is 15.7. The van der Waals surface area contributed by atoms with Gasteiger partial charge < -0.3 is 14.3 Å². The number of benzene rings is 2. The molecule has 2 heterocycles. The molecule has 0 amide bonds. The van der Waals surface area contributed by atoms with Crippen LogP contribution in [0.25, 0.3) is 0 Å². The molecule has 3 aromatic rings. The molecule has 1 aromatic heterocycles. The average molecular weight is 447 g/mol. The topological polar surface area (TPSA) is 75.8 Å². The molecule has 2 aromatic carbocycles. The van der Waals surface area contributed by atoms with E-state index < -0.39 is 12.0 Å². The molecular formula is C27H30N2O4. The first-order valence-corrected chi connectivity index (χ1v) is 11.3. The SMILES string of the molecule is C=CCCc1nc(CCOc2ccc3c(c2)CN(Cc2ccccc2)[C@H](C(=O)O)C3)c(C)o1. The lowest BCUT2D eigenvalue weighted by molar-refractivity contribution is -0.144. The van der Waals surface area contributed by atoms with Gasteiger partial charge in [0.1, 0.15) is 17.6 Å². The number of hydrogen-bond acceptors (Lipinski definition) is 5. The molecule has 6 nitrogen and oxygen atoms in total. The molecular weight excluding hydrogens is 416 g/mol. The molecule has 172 valence electrons. The number of carbonyl (C=O) groups is 1. The van der Waals surface area contributed by atoms with Crippen molar-refractivity contribution < 1.29 is 19.1 Å². The average Bonchev–Trinajstić information content (AvgIpc) is 3.17. The Hall–Kier alpha value is -3.38. The van der Waals surface area contributed by atoms with Crippen LogP contribution in [0.5, 0.6) is 5.75 Å². The number of aryl methyl sites for hydroxylation is 2. The predicted octanol–water partition coefficient (Wildman–Crippen LogP) is 4.73. The number of ether oxygens (including phenoxy) is 1. The van der Waals surface area contributed by atoms with Crippen molar-refractivity contribution in [2.45, 2.75) is 51.7 Å². The Morgan fingerprint density at radius 1 is 1.24 bits per heavy atom. The van der Waals surface area contributed by atoms with Crippen molar-refractivity contribution >= 4 is 5.97 Å². The first kappa shape index (κ1) is 22.8. The third kappa shape index (κ3) is 5.71. The van der Waals surface area contributed by atoms with Crippen LogP contribution in [0.1, 0.15) is 40.5 Å². The van der Waals surface area contributed by atoms with Gasteiger partial charge in [0.2, 0.25) is 0 Å². The van der Waals surface area contributed by atoms with Crippen molar-refractivity contribution in [1.29, 1.82) is 0 Å². The second-order valence-electron chi connectivity index (χ2n) is 8.42. The lowest BCUT2D eigenvalue weighted by Gasteiger charge is -2.34. The number of allylic oxidation sites excluding steroid dienone is 1. The molecule has 1 aliphatic rings. The maximum absolute atomic E-state index is 11.9. The summed E-state index contributed by atoms with van der Waals surface area (Å²) in [6.07, 6.45) is 4.62. The highest BCUT2D eigenvalue weighted by Gasteiger charge is 2.31. The molecule has 0 saturated heterocycles. The largest absolute Gasteiger partial charge is 0.493 e. The van der Waals surface area contributed by atoms with Gasteiger partial charge in [0.25, 0.3) is 0 Å². The lowest BCUT2D eigenvalue weighted by Crippen LogP contribution is -2.45. The van der Waals surface area contributed by atoms with Gasteiger partial charge in [-0.1, -0.05) is 42.5 Å². The van der Waals surface area contributed by atoms with Crippen LogP contribution in [-0.2, 0) is 37.1 Å². The Morgan fingerprint density at radius 3 is 2.82 bits per heavy atom. The Balaban J connectivity index is 1.40. The highest BCUT2D eigenvalue weighted by atomic mass is 16.5. The Labute approximate surface area is 194 Å². The zero-order valence-electron chi connectivity index (χ0n) is 19.0. The maximum atomic E-state index is 11.9. The fourth-order valence-corrected chi connectivity index (χ4v) is 4.25. The number of oxazole rings is 1. The van der Waals surface area contributed by atoms with Crippen LogP contribution in [-0.4, -0.2) is 33.6 Å². The van der Waals surface area contributed by atoms with E-state index in [4.69, 9.17) is 9.15 Å². The summed E-state index contributed by atoms with van der Waals surface area (Å²) in [4.78, 5) is 18.5. The van der Waals surface area contributed by atoms with Crippen molar-refractivity contribution in [1.82, 2.24) is 9.88 Å². The third-order valence-electron chi connectivity index (χ3n) is 6.03. The Morgan fingerprint density at radius 2 is 2.06 bits per heavy atom. The third-order valence-corrected chi connectivity index (χ3v) is 6.03. The van der Waals surface area contributed by atoms with Gasteiger partial charge >= 0.3 is 5.97 Å². The summed E-state index contributed by atoms with van der Waals surface area (Å²) in [5.41, 5.74) is 4.21. The molecule has 0 spiro atoms. The Kier molecular flexibility index (Phi) is 7.25. The van der Waals surface area contributed by atoms with Crippen LogP contribution in [0.4, 0.5) is 0 Å². The summed E-state index contributed by atoms with van der Waals surface area (Å²) >= 11 is 0. The van der Waals surface area contributed by atoms with E-state index in [1.54, 1.807) is 0 Å². The van der Waals surface area contributed by atoms with E-state index in [-0.39, 0.29) is 0 Å². The van der Waals surface area contributed by atoms with Crippen LogP contribution in [0, 0.1) is 6.92 Å². The molecule has 1 aliphatic heterocycles. The molecule has 0 radical (unpaired) electrons. The minimum absolute atomic E-state index is 0.489. The first-order valence-electron chi connectivity index (χ1n) is 11.3. The number of nitrogens with zero attached hydrogens (tertiary/aromatic N) is 2. The molecule has 6 heteroatoms. The highest BCUT2D eigenvalue weighted by Crippen LogP contribution is 2.28. The van der Waals surface area contributed by atoms with Crippen molar-refractivity contribution in [3.63, 3.8) is 0 Å². The lowest BCUT2D eigenvalue weighted by atomic mass is 9.93. The summed E-state index contributed by atoms with van der Waals surface area (Å²) in [5, 5.41) is 9.78. The summed E-state index contributed by atoms with van der Waals surface area (Å²) in [7, 11) is 0. The number of aliphatic carboxylic acids is 1. The molecule has 1 atom stereocenters. The molecule has 0 saturated carbocycles. The summed E-state index contributed by atoms with van der Waals surface area (Å²) in [6, 6.07) is 15.4. The van der Waals surface area contributed by atoms with Crippen molar-refractivity contribution in [3.8, 4) is 5.75 Å². The van der Waals surface area contributed by atoms with Gasteiger partial charge in [-0.05, 0) is 48.6 Å². The predicted molar refractivity (Wildman–Crippen MR) is 126 cm³/mol. The van der Waals surface area contributed by atoms with Crippen molar-refractivity contribution in [3.05, 3.63) is 95.2 Å². The number of aromatic nitrogens is 1. The maximum Gasteiger partial charge on any atom is 0.321 e. The fraction of sp³-hybridized carbons (Fsp3) is 0.333. The van der Waals surface area contributed by atoms with Crippen molar-refractivity contribution in [2.75, 3.05) is 6.61 Å². The molecule has 0 aliphatic carbocycles. The molecule has 0 fully saturated rings. The number of carboxylic acids is 1. The van der Waals surface area contributed by atoms with Crippen LogP contribution < -0.4 is 4.74 Å². The number of hydrogen-bond donors (Lipinski definition) is 1. The van der Waals surface area contributed by atoms with Crippen LogP contribution in [0.3, 0.4) is 0 Å². The second kappa shape index (κ2) is 10.5. The zero-order valence-corrected chi connectivity index (χ0v) is 19.0. The summed E-state index contributed by atoms with van der Waals surface area (Å²) < 4.78 is 11.7. The van der Waals surface area contributed by atoms with Crippen molar-refractivity contribution in [2.24, 2.45) is 0 Å². The van der Waals surface area contributed by atoms with Crippen LogP contribution in [0.2, 0.25) is 0 Å². The minimum Gasteiger partial charge on any atom is -0.493 e.